The minimum Gasteiger partial charge on any atom is -0.343 e. The van der Waals surface area contributed by atoms with Gasteiger partial charge in [-0.1, -0.05) is 18.2 Å². The van der Waals surface area contributed by atoms with E-state index in [0.29, 0.717) is 5.69 Å². The van der Waals surface area contributed by atoms with E-state index in [1.807, 2.05) is 11.0 Å². The second-order valence-corrected chi connectivity index (χ2v) is 7.27. The number of sulfonamides is 1. The van der Waals surface area contributed by atoms with Gasteiger partial charge in [0.2, 0.25) is 15.9 Å². The van der Waals surface area contributed by atoms with Gasteiger partial charge in [-0.2, -0.15) is 0 Å². The van der Waals surface area contributed by atoms with Crippen LogP contribution in [0.15, 0.2) is 30.3 Å². The quantitative estimate of drug-likeness (QED) is 0.834. The summed E-state index contributed by atoms with van der Waals surface area (Å²) in [7, 11) is -3.38. The summed E-state index contributed by atoms with van der Waals surface area (Å²) in [6.45, 7) is 1.78. The van der Waals surface area contributed by atoms with Crippen molar-refractivity contribution < 1.29 is 13.2 Å². The van der Waals surface area contributed by atoms with Crippen LogP contribution in [0.4, 0.5) is 5.69 Å². The van der Waals surface area contributed by atoms with E-state index in [2.05, 4.69) is 0 Å². The summed E-state index contributed by atoms with van der Waals surface area (Å²) >= 11 is 0. The van der Waals surface area contributed by atoms with Crippen LogP contribution in [0.5, 0.6) is 0 Å². The normalized spacial score (nSPS) is 15.8. The van der Waals surface area contributed by atoms with Crippen LogP contribution in [0.1, 0.15) is 25.7 Å². The zero-order valence-electron chi connectivity index (χ0n) is 12.4. The maximum Gasteiger partial charge on any atom is 0.232 e. The van der Waals surface area contributed by atoms with Crippen LogP contribution in [-0.2, 0) is 14.8 Å². The Morgan fingerprint density at radius 3 is 2.33 bits per heavy atom. The highest BCUT2D eigenvalue weighted by Crippen LogP contribution is 2.18. The first-order chi connectivity index (χ1) is 9.98. The molecule has 0 atom stereocenters. The molecule has 1 heterocycles. The Labute approximate surface area is 126 Å². The predicted octanol–water partition coefficient (Wildman–Crippen LogP) is 1.86. The van der Waals surface area contributed by atoms with Gasteiger partial charge in [-0.15, -0.1) is 0 Å². The molecular formula is C15H22N2O3S. The minimum absolute atomic E-state index is 0.0410. The van der Waals surface area contributed by atoms with Gasteiger partial charge in [0.25, 0.3) is 0 Å². The SMILES string of the molecule is CS(=O)(=O)N(CCC(=O)N1CCCCC1)c1ccccc1. The first-order valence-electron chi connectivity index (χ1n) is 7.29. The molecular weight excluding hydrogens is 288 g/mol. The van der Waals surface area contributed by atoms with Gasteiger partial charge in [0.1, 0.15) is 0 Å². The van der Waals surface area contributed by atoms with E-state index < -0.39 is 10.0 Å². The van der Waals surface area contributed by atoms with Crippen molar-refractivity contribution in [3.8, 4) is 0 Å². The van der Waals surface area contributed by atoms with E-state index in [0.717, 1.165) is 25.9 Å². The monoisotopic (exact) mass is 310 g/mol. The number of benzene rings is 1. The van der Waals surface area contributed by atoms with Crippen molar-refractivity contribution in [2.45, 2.75) is 25.7 Å². The van der Waals surface area contributed by atoms with Crippen LogP contribution < -0.4 is 4.31 Å². The third kappa shape index (κ3) is 4.46. The molecule has 0 aromatic heterocycles. The third-order valence-corrected chi connectivity index (χ3v) is 4.88. The fourth-order valence-corrected chi connectivity index (χ4v) is 3.51. The molecule has 1 aromatic carbocycles. The Hall–Kier alpha value is -1.56. The van der Waals surface area contributed by atoms with Crippen LogP contribution in [0.25, 0.3) is 0 Å². The van der Waals surface area contributed by atoms with Crippen LogP contribution in [-0.4, -0.2) is 45.1 Å². The summed E-state index contributed by atoms with van der Waals surface area (Å²) in [6.07, 6.45) is 4.65. The topological polar surface area (TPSA) is 57.7 Å². The molecule has 1 fully saturated rings. The smallest absolute Gasteiger partial charge is 0.232 e. The van der Waals surface area contributed by atoms with E-state index >= 15 is 0 Å². The average Bonchev–Trinajstić information content (AvgIpc) is 2.48. The zero-order chi connectivity index (χ0) is 15.3. The number of piperidine rings is 1. The minimum atomic E-state index is -3.38. The highest BCUT2D eigenvalue weighted by atomic mass is 32.2. The largest absolute Gasteiger partial charge is 0.343 e. The standard InChI is InChI=1S/C15H22N2O3S/c1-21(19,20)17(14-8-4-2-5-9-14)13-10-15(18)16-11-6-3-7-12-16/h2,4-5,8-9H,3,6-7,10-13H2,1H3. The van der Waals surface area contributed by atoms with Crippen molar-refractivity contribution in [1.82, 2.24) is 4.90 Å². The van der Waals surface area contributed by atoms with E-state index in [1.165, 1.54) is 17.0 Å². The molecule has 1 saturated heterocycles. The summed E-state index contributed by atoms with van der Waals surface area (Å²) in [5.74, 6) is 0.0410. The van der Waals surface area contributed by atoms with Crippen molar-refractivity contribution in [2.24, 2.45) is 0 Å². The lowest BCUT2D eigenvalue weighted by Gasteiger charge is -2.28. The van der Waals surface area contributed by atoms with Crippen molar-refractivity contribution in [2.75, 3.05) is 30.2 Å². The lowest BCUT2D eigenvalue weighted by molar-refractivity contribution is -0.131. The highest BCUT2D eigenvalue weighted by molar-refractivity contribution is 7.92. The number of para-hydroxylation sites is 1. The van der Waals surface area contributed by atoms with Gasteiger partial charge >= 0.3 is 0 Å². The summed E-state index contributed by atoms with van der Waals surface area (Å²) in [5.41, 5.74) is 0.603. The molecule has 0 unspecified atom stereocenters. The zero-order valence-corrected chi connectivity index (χ0v) is 13.2. The van der Waals surface area contributed by atoms with Crippen molar-refractivity contribution in [3.05, 3.63) is 30.3 Å². The first kappa shape index (κ1) is 15.8. The van der Waals surface area contributed by atoms with E-state index in [4.69, 9.17) is 0 Å². The second kappa shape index (κ2) is 6.93. The molecule has 116 valence electrons. The van der Waals surface area contributed by atoms with Gasteiger partial charge in [0.15, 0.2) is 0 Å². The number of carbonyl (C=O) groups is 1. The maximum absolute atomic E-state index is 12.2. The van der Waals surface area contributed by atoms with Gasteiger partial charge < -0.3 is 4.90 Å². The molecule has 0 bridgehead atoms. The molecule has 1 aliphatic heterocycles. The first-order valence-corrected chi connectivity index (χ1v) is 9.14. The molecule has 0 spiro atoms. The Morgan fingerprint density at radius 1 is 1.14 bits per heavy atom. The Bertz CT molecular complexity index is 566. The van der Waals surface area contributed by atoms with Crippen LogP contribution in [0.2, 0.25) is 0 Å². The van der Waals surface area contributed by atoms with Gasteiger partial charge in [-0.25, -0.2) is 8.42 Å². The highest BCUT2D eigenvalue weighted by Gasteiger charge is 2.21. The maximum atomic E-state index is 12.2. The van der Waals surface area contributed by atoms with Gasteiger partial charge in [-0.3, -0.25) is 9.10 Å². The van der Waals surface area contributed by atoms with Crippen LogP contribution >= 0.6 is 0 Å². The molecule has 2 rings (SSSR count). The molecule has 21 heavy (non-hydrogen) atoms. The third-order valence-electron chi connectivity index (χ3n) is 3.68. The number of carbonyl (C=O) groups excluding carboxylic acids is 1. The molecule has 1 aromatic rings. The van der Waals surface area contributed by atoms with Gasteiger partial charge in [-0.05, 0) is 31.4 Å². The summed E-state index contributed by atoms with van der Waals surface area (Å²) in [5, 5.41) is 0. The van der Waals surface area contributed by atoms with Crippen molar-refractivity contribution in [1.29, 1.82) is 0 Å². The Morgan fingerprint density at radius 2 is 1.76 bits per heavy atom. The summed E-state index contributed by atoms with van der Waals surface area (Å²) in [6, 6.07) is 8.90. The van der Waals surface area contributed by atoms with Crippen molar-refractivity contribution in [3.63, 3.8) is 0 Å². The van der Waals surface area contributed by atoms with Crippen molar-refractivity contribution >= 4 is 21.6 Å². The second-order valence-electron chi connectivity index (χ2n) is 5.36. The number of nitrogens with zero attached hydrogens (tertiary/aromatic N) is 2. The van der Waals surface area contributed by atoms with Gasteiger partial charge in [0.05, 0.1) is 11.9 Å². The van der Waals surface area contributed by atoms with E-state index in [1.54, 1.807) is 24.3 Å². The summed E-state index contributed by atoms with van der Waals surface area (Å²) < 4.78 is 25.1. The molecule has 0 aliphatic carbocycles. The van der Waals surface area contributed by atoms with Gasteiger partial charge in [0, 0.05) is 26.1 Å². The Kier molecular flexibility index (Phi) is 5.22. The fourth-order valence-electron chi connectivity index (χ4n) is 2.58. The number of anilines is 1. The Balaban J connectivity index is 2.01. The molecule has 6 heteroatoms. The van der Waals surface area contributed by atoms with E-state index in [-0.39, 0.29) is 18.9 Å². The molecule has 0 radical (unpaired) electrons. The van der Waals surface area contributed by atoms with Crippen LogP contribution in [0.3, 0.4) is 0 Å². The lowest BCUT2D eigenvalue weighted by Crippen LogP contribution is -2.39. The predicted molar refractivity (Wildman–Crippen MR) is 83.7 cm³/mol. The number of hydrogen-bond donors (Lipinski definition) is 0. The molecule has 0 saturated carbocycles. The van der Waals surface area contributed by atoms with Crippen LogP contribution in [0, 0.1) is 0 Å². The molecule has 5 nitrogen and oxygen atoms in total. The fraction of sp³-hybridized carbons (Fsp3) is 0.533. The molecule has 0 N–H and O–H groups in total. The average molecular weight is 310 g/mol. The molecule has 1 aliphatic rings. The number of rotatable bonds is 5. The number of likely N-dealkylation sites (tertiary alicyclic amines) is 1. The number of hydrogen-bond acceptors (Lipinski definition) is 3. The number of amides is 1. The molecule has 1 amide bonds. The lowest BCUT2D eigenvalue weighted by atomic mass is 10.1. The summed E-state index contributed by atoms with van der Waals surface area (Å²) in [4.78, 5) is 14.0. The van der Waals surface area contributed by atoms with E-state index in [9.17, 15) is 13.2 Å².